The van der Waals surface area contributed by atoms with E-state index in [2.05, 4.69) is 0 Å². The third-order valence-corrected chi connectivity index (χ3v) is 5.45. The molecular formula is C13H18N2O5S. The molecule has 1 fully saturated rings. The second-order valence-electron chi connectivity index (χ2n) is 5.24. The number of hydrogen-bond acceptors (Lipinski definition) is 6. The van der Waals surface area contributed by atoms with Crippen molar-refractivity contribution in [1.29, 1.82) is 0 Å². The van der Waals surface area contributed by atoms with Gasteiger partial charge < -0.3 is 4.74 Å². The van der Waals surface area contributed by atoms with Crippen LogP contribution in [0.15, 0.2) is 18.2 Å². The fourth-order valence-corrected chi connectivity index (χ4v) is 4.32. The highest BCUT2D eigenvalue weighted by molar-refractivity contribution is 7.91. The smallest absolute Gasteiger partial charge is 0.311 e. The van der Waals surface area contributed by atoms with Crippen molar-refractivity contribution in [3.8, 4) is 5.75 Å². The van der Waals surface area contributed by atoms with Gasteiger partial charge in [0.15, 0.2) is 15.6 Å². The molecule has 21 heavy (non-hydrogen) atoms. The molecule has 0 aromatic heterocycles. The number of ether oxygens (including phenoxy) is 1. The van der Waals surface area contributed by atoms with Crippen molar-refractivity contribution in [1.82, 2.24) is 4.90 Å². The standard InChI is InChI=1S/C13H18N2O5S/c1-14(11-5-6-21(18,19)9-11)8-10-3-4-13(20-2)12(7-10)15(16)17/h3-4,7,11H,5-6,8-9H2,1-2H3. The second-order valence-corrected chi connectivity index (χ2v) is 7.46. The molecule has 1 saturated heterocycles. The molecule has 116 valence electrons. The molecule has 8 heteroatoms. The maximum absolute atomic E-state index is 11.5. The monoisotopic (exact) mass is 314 g/mol. The van der Waals surface area contributed by atoms with Crippen LogP contribution in [0.1, 0.15) is 12.0 Å². The van der Waals surface area contributed by atoms with Gasteiger partial charge in [-0.3, -0.25) is 15.0 Å². The molecule has 1 heterocycles. The van der Waals surface area contributed by atoms with Gasteiger partial charge in [0.25, 0.3) is 0 Å². The van der Waals surface area contributed by atoms with E-state index in [1.165, 1.54) is 13.2 Å². The largest absolute Gasteiger partial charge is 0.490 e. The van der Waals surface area contributed by atoms with E-state index in [1.54, 1.807) is 12.1 Å². The van der Waals surface area contributed by atoms with Crippen molar-refractivity contribution in [2.45, 2.75) is 19.0 Å². The first kappa shape index (κ1) is 15.7. The Morgan fingerprint density at radius 3 is 2.71 bits per heavy atom. The van der Waals surface area contributed by atoms with Crippen LogP contribution in [0.3, 0.4) is 0 Å². The highest BCUT2D eigenvalue weighted by Crippen LogP contribution is 2.28. The maximum Gasteiger partial charge on any atom is 0.311 e. The third-order valence-electron chi connectivity index (χ3n) is 3.70. The lowest BCUT2D eigenvalue weighted by Crippen LogP contribution is -2.32. The maximum atomic E-state index is 11.5. The van der Waals surface area contributed by atoms with Crippen LogP contribution in [0.25, 0.3) is 0 Å². The normalized spacial score (nSPS) is 20.6. The van der Waals surface area contributed by atoms with Crippen LogP contribution >= 0.6 is 0 Å². The molecule has 0 radical (unpaired) electrons. The van der Waals surface area contributed by atoms with E-state index in [4.69, 9.17) is 4.74 Å². The highest BCUT2D eigenvalue weighted by atomic mass is 32.2. The molecule has 0 aliphatic carbocycles. The SMILES string of the molecule is COc1ccc(CN(C)C2CCS(=O)(=O)C2)cc1[N+](=O)[O-]. The van der Waals surface area contributed by atoms with Gasteiger partial charge in [-0.15, -0.1) is 0 Å². The van der Waals surface area contributed by atoms with Gasteiger partial charge in [0, 0.05) is 18.7 Å². The van der Waals surface area contributed by atoms with E-state index in [-0.39, 0.29) is 29.0 Å². The number of sulfone groups is 1. The summed E-state index contributed by atoms with van der Waals surface area (Å²) in [5.74, 6) is 0.585. The summed E-state index contributed by atoms with van der Waals surface area (Å²) in [5.41, 5.74) is 0.678. The Labute approximate surface area is 123 Å². The van der Waals surface area contributed by atoms with Crippen molar-refractivity contribution >= 4 is 15.5 Å². The Hall–Kier alpha value is -1.67. The Bertz CT molecular complexity index is 644. The van der Waals surface area contributed by atoms with E-state index >= 15 is 0 Å². The molecule has 1 aliphatic rings. The van der Waals surface area contributed by atoms with E-state index in [9.17, 15) is 18.5 Å². The summed E-state index contributed by atoms with van der Waals surface area (Å²) in [6, 6.07) is 4.76. The van der Waals surface area contributed by atoms with Crippen LogP contribution in [0, 0.1) is 10.1 Å². The number of nitro groups is 1. The predicted molar refractivity (Wildman–Crippen MR) is 78.2 cm³/mol. The number of benzene rings is 1. The number of methoxy groups -OCH3 is 1. The van der Waals surface area contributed by atoms with Gasteiger partial charge in [0.1, 0.15) is 0 Å². The summed E-state index contributed by atoms with van der Waals surface area (Å²) < 4.78 is 27.9. The summed E-state index contributed by atoms with van der Waals surface area (Å²) in [6.07, 6.45) is 0.608. The Kier molecular flexibility index (Phi) is 4.48. The molecular weight excluding hydrogens is 296 g/mol. The van der Waals surface area contributed by atoms with Crippen molar-refractivity contribution in [3.05, 3.63) is 33.9 Å². The summed E-state index contributed by atoms with van der Waals surface area (Å²) in [6.45, 7) is 0.463. The molecule has 0 spiro atoms. The van der Waals surface area contributed by atoms with Crippen LogP contribution < -0.4 is 4.74 Å². The van der Waals surface area contributed by atoms with Crippen molar-refractivity contribution in [2.75, 3.05) is 25.7 Å². The van der Waals surface area contributed by atoms with Gasteiger partial charge in [0.05, 0.1) is 23.5 Å². The zero-order valence-electron chi connectivity index (χ0n) is 12.0. The summed E-state index contributed by atoms with van der Waals surface area (Å²) >= 11 is 0. The molecule has 0 amide bonds. The first-order valence-electron chi connectivity index (χ1n) is 6.54. The Balaban J connectivity index is 2.13. The number of nitrogens with zero attached hydrogens (tertiary/aromatic N) is 2. The minimum absolute atomic E-state index is 0.0313. The fourth-order valence-electron chi connectivity index (χ4n) is 2.52. The van der Waals surface area contributed by atoms with Crippen LogP contribution in [0.4, 0.5) is 5.69 Å². The van der Waals surface area contributed by atoms with Gasteiger partial charge in [-0.25, -0.2) is 8.42 Å². The van der Waals surface area contributed by atoms with Crippen molar-refractivity contribution in [2.24, 2.45) is 0 Å². The van der Waals surface area contributed by atoms with Crippen LogP contribution in [0.2, 0.25) is 0 Å². The summed E-state index contributed by atoms with van der Waals surface area (Å²) in [5, 5.41) is 11.0. The van der Waals surface area contributed by atoms with Gasteiger partial charge in [-0.1, -0.05) is 6.07 Å². The minimum atomic E-state index is -2.93. The molecule has 1 aliphatic heterocycles. The molecule has 0 N–H and O–H groups in total. The topological polar surface area (TPSA) is 89.8 Å². The molecule has 0 saturated carbocycles. The zero-order valence-corrected chi connectivity index (χ0v) is 12.8. The first-order chi connectivity index (χ1) is 9.82. The Morgan fingerprint density at radius 1 is 1.48 bits per heavy atom. The van der Waals surface area contributed by atoms with Gasteiger partial charge >= 0.3 is 5.69 Å². The lowest BCUT2D eigenvalue weighted by molar-refractivity contribution is -0.385. The van der Waals surface area contributed by atoms with E-state index in [0.29, 0.717) is 13.0 Å². The molecule has 7 nitrogen and oxygen atoms in total. The second kappa shape index (κ2) is 5.98. The summed E-state index contributed by atoms with van der Waals surface area (Å²) in [4.78, 5) is 12.4. The van der Waals surface area contributed by atoms with Crippen LogP contribution in [-0.4, -0.2) is 49.9 Å². The molecule has 2 rings (SSSR count). The average molecular weight is 314 g/mol. The third kappa shape index (κ3) is 3.70. The lowest BCUT2D eigenvalue weighted by Gasteiger charge is -2.23. The number of nitro benzene ring substituents is 1. The number of rotatable bonds is 5. The fraction of sp³-hybridized carbons (Fsp3) is 0.538. The van der Waals surface area contributed by atoms with Gasteiger partial charge in [0.2, 0.25) is 0 Å². The summed E-state index contributed by atoms with van der Waals surface area (Å²) in [7, 11) is 0.286. The van der Waals surface area contributed by atoms with Crippen LogP contribution in [-0.2, 0) is 16.4 Å². The molecule has 1 unspecified atom stereocenters. The van der Waals surface area contributed by atoms with Crippen LogP contribution in [0.5, 0.6) is 5.75 Å². The Morgan fingerprint density at radius 2 is 2.19 bits per heavy atom. The lowest BCUT2D eigenvalue weighted by atomic mass is 10.1. The van der Waals surface area contributed by atoms with Gasteiger partial charge in [-0.2, -0.15) is 0 Å². The highest BCUT2D eigenvalue weighted by Gasteiger charge is 2.30. The molecule has 1 atom stereocenters. The van der Waals surface area contributed by atoms with Crippen molar-refractivity contribution < 1.29 is 18.1 Å². The zero-order chi connectivity index (χ0) is 15.6. The predicted octanol–water partition coefficient (Wildman–Crippen LogP) is 1.22. The molecule has 1 aromatic rings. The molecule has 0 bridgehead atoms. The van der Waals surface area contributed by atoms with E-state index in [1.807, 2.05) is 11.9 Å². The molecule has 1 aromatic carbocycles. The number of hydrogen-bond donors (Lipinski definition) is 0. The van der Waals surface area contributed by atoms with Crippen molar-refractivity contribution in [3.63, 3.8) is 0 Å². The van der Waals surface area contributed by atoms with E-state index in [0.717, 1.165) is 5.56 Å². The quantitative estimate of drug-likeness (QED) is 0.599. The minimum Gasteiger partial charge on any atom is -0.490 e. The van der Waals surface area contributed by atoms with E-state index < -0.39 is 14.8 Å². The average Bonchev–Trinajstić information content (AvgIpc) is 2.79. The van der Waals surface area contributed by atoms with Gasteiger partial charge in [-0.05, 0) is 25.1 Å². The first-order valence-corrected chi connectivity index (χ1v) is 8.36.